The number of piperazine rings is 1. The summed E-state index contributed by atoms with van der Waals surface area (Å²) >= 11 is 0. The number of amidine groups is 1. The van der Waals surface area contributed by atoms with Gasteiger partial charge in [0.1, 0.15) is 23.8 Å². The maximum absolute atomic E-state index is 14.5. The van der Waals surface area contributed by atoms with Crippen molar-refractivity contribution in [3.63, 3.8) is 0 Å². The number of pyridine rings is 1. The lowest BCUT2D eigenvalue weighted by molar-refractivity contribution is -0.138. The highest BCUT2D eigenvalue weighted by Gasteiger charge is 2.45. The summed E-state index contributed by atoms with van der Waals surface area (Å²) in [5, 5.41) is 8.01. The van der Waals surface area contributed by atoms with Crippen molar-refractivity contribution in [1.82, 2.24) is 19.7 Å². The van der Waals surface area contributed by atoms with Crippen molar-refractivity contribution in [2.75, 3.05) is 90.0 Å². The summed E-state index contributed by atoms with van der Waals surface area (Å²) in [4.78, 5) is 38.4. The number of carbonyl (C=O) groups excluding carboxylic acids is 2. The van der Waals surface area contributed by atoms with E-state index in [4.69, 9.17) is 15.5 Å². The topological polar surface area (TPSA) is 123 Å². The lowest BCUT2D eigenvalue weighted by Crippen LogP contribution is -2.50. The Labute approximate surface area is 318 Å². The molecule has 1 amide bonds. The number of hydrogen-bond acceptors (Lipinski definition) is 10. The average molecular weight is 758 g/mol. The lowest BCUT2D eigenvalue weighted by atomic mass is 9.75. The highest BCUT2D eigenvalue weighted by molar-refractivity contribution is 6.10. The molecule has 1 aromatic heterocycles. The summed E-state index contributed by atoms with van der Waals surface area (Å²) in [6.45, 7) is 14.1. The van der Waals surface area contributed by atoms with E-state index in [0.717, 1.165) is 82.6 Å². The Morgan fingerprint density at radius 1 is 1.04 bits per heavy atom. The highest BCUT2D eigenvalue weighted by Crippen LogP contribution is 2.43. The van der Waals surface area contributed by atoms with Crippen molar-refractivity contribution in [1.29, 1.82) is 0 Å². The second-order valence-electron chi connectivity index (χ2n) is 14.4. The monoisotopic (exact) mass is 757 g/mol. The molecule has 0 atom stereocenters. The van der Waals surface area contributed by atoms with Gasteiger partial charge in [-0.25, -0.2) is 4.98 Å². The number of aromatic nitrogens is 1. The van der Waals surface area contributed by atoms with Crippen molar-refractivity contribution in [3.05, 3.63) is 52.1 Å². The lowest BCUT2D eigenvalue weighted by Gasteiger charge is -2.43. The number of carbonyl (C=O) groups is 2. The predicted octanol–water partition coefficient (Wildman–Crippen LogP) is 5.18. The van der Waals surface area contributed by atoms with Crippen LogP contribution in [0.5, 0.6) is 0 Å². The number of rotatable bonds is 11. The molecule has 5 heterocycles. The molecule has 4 aliphatic heterocycles. The van der Waals surface area contributed by atoms with Crippen LogP contribution in [-0.4, -0.2) is 125 Å². The summed E-state index contributed by atoms with van der Waals surface area (Å²) in [6, 6.07) is 6.79. The molecular formula is C39H58F3N9O3. The summed E-state index contributed by atoms with van der Waals surface area (Å²) in [6.07, 6.45) is 1.42. The molecule has 12 nitrogen and oxygen atoms in total. The van der Waals surface area contributed by atoms with Crippen LogP contribution in [-0.2, 0) is 34.2 Å². The van der Waals surface area contributed by atoms with Crippen molar-refractivity contribution >= 4 is 36.4 Å². The molecule has 0 bridgehead atoms. The number of ether oxygens (including phenoxy) is 1. The number of halogens is 3. The third-order valence-corrected chi connectivity index (χ3v) is 10.3. The molecule has 2 N–H and O–H groups in total. The number of benzene rings is 1. The summed E-state index contributed by atoms with van der Waals surface area (Å²) in [7, 11) is 5.85. The van der Waals surface area contributed by atoms with Crippen LogP contribution in [0.3, 0.4) is 0 Å². The summed E-state index contributed by atoms with van der Waals surface area (Å²) < 4.78 is 49.3. The van der Waals surface area contributed by atoms with E-state index in [1.165, 1.54) is 11.0 Å². The van der Waals surface area contributed by atoms with Crippen LogP contribution in [0.4, 0.5) is 24.8 Å². The minimum atomic E-state index is -4.59. The fraction of sp³-hybridized carbons (Fsp3) is 0.615. The molecule has 0 aliphatic carbocycles. The number of fused-ring (bicyclic) bond motifs is 1. The van der Waals surface area contributed by atoms with Crippen LogP contribution < -0.4 is 15.5 Å². The number of nitrogens with two attached hydrogens (primary N) is 1. The first-order valence-electron chi connectivity index (χ1n) is 19.0. The van der Waals surface area contributed by atoms with E-state index in [1.54, 1.807) is 6.07 Å². The minimum Gasteiger partial charge on any atom is -0.379 e. The first kappa shape index (κ1) is 42.8. The minimum absolute atomic E-state index is 0.00835. The first-order chi connectivity index (χ1) is 25.9. The molecule has 54 heavy (non-hydrogen) atoms. The Morgan fingerprint density at radius 2 is 1.70 bits per heavy atom. The molecule has 1 aromatic carbocycles. The van der Waals surface area contributed by atoms with Gasteiger partial charge in [-0.15, -0.1) is 5.10 Å². The molecule has 0 unspecified atom stereocenters. The molecule has 4 aliphatic rings. The molecular weight excluding hydrogens is 699 g/mol. The number of amides is 1. The van der Waals surface area contributed by atoms with Crippen LogP contribution in [0.1, 0.15) is 85.0 Å². The van der Waals surface area contributed by atoms with Gasteiger partial charge in [0.25, 0.3) is 5.91 Å². The normalized spacial score (nSPS) is 18.8. The molecule has 298 valence electrons. The van der Waals surface area contributed by atoms with E-state index in [0.29, 0.717) is 56.3 Å². The largest absolute Gasteiger partial charge is 0.416 e. The van der Waals surface area contributed by atoms with Crippen molar-refractivity contribution < 1.29 is 27.5 Å². The smallest absolute Gasteiger partial charge is 0.379 e. The molecule has 0 spiro atoms. The van der Waals surface area contributed by atoms with E-state index >= 15 is 0 Å². The number of alkyl halides is 3. The van der Waals surface area contributed by atoms with Gasteiger partial charge in [0, 0.05) is 77.4 Å². The standard InChI is InChI=1S/C33H43F3N8O2.C4H9NO.C2H6/c1-37-39-30(40(2)3)18-32(21-46-22-32)24-16-28(43-12-10-41(4)11-13-43)38-29(17-24)44-20-26-25(31(44)45)14-23(15-27(26)33(34,35)36)19-42-8-6-5-7-9-42;5-3-1-2-4-6;1-2/h14-17H,1,5-13,18-22H2,2-4H3;4H,1-3,5H2;1-2H3/b39-30-;;. The number of likely N-dealkylation sites (tertiary alicyclic amines) is 1. The number of piperidine rings is 1. The third kappa shape index (κ3) is 10.4. The zero-order valence-electron chi connectivity index (χ0n) is 32.6. The second kappa shape index (κ2) is 19.6. The van der Waals surface area contributed by atoms with Gasteiger partial charge in [-0.1, -0.05) is 20.3 Å². The number of anilines is 2. The zero-order valence-corrected chi connectivity index (χ0v) is 32.6. The van der Waals surface area contributed by atoms with Crippen LogP contribution >= 0.6 is 0 Å². The van der Waals surface area contributed by atoms with Crippen molar-refractivity contribution in [2.24, 2.45) is 15.9 Å². The Kier molecular flexibility index (Phi) is 15.5. The van der Waals surface area contributed by atoms with E-state index in [2.05, 4.69) is 38.7 Å². The third-order valence-electron chi connectivity index (χ3n) is 10.3. The van der Waals surface area contributed by atoms with Gasteiger partial charge in [0.05, 0.1) is 25.3 Å². The van der Waals surface area contributed by atoms with Gasteiger partial charge in [0.15, 0.2) is 0 Å². The van der Waals surface area contributed by atoms with Crippen molar-refractivity contribution in [2.45, 2.75) is 77.1 Å². The predicted molar refractivity (Wildman–Crippen MR) is 209 cm³/mol. The molecule has 6 rings (SSSR count). The van der Waals surface area contributed by atoms with Gasteiger partial charge in [-0.3, -0.25) is 14.6 Å². The van der Waals surface area contributed by atoms with E-state index in [1.807, 2.05) is 45.0 Å². The molecule has 15 heteroatoms. The quantitative estimate of drug-likeness (QED) is 0.109. The van der Waals surface area contributed by atoms with Crippen molar-refractivity contribution in [3.8, 4) is 0 Å². The van der Waals surface area contributed by atoms with Gasteiger partial charge in [-0.2, -0.15) is 18.3 Å². The van der Waals surface area contributed by atoms with Gasteiger partial charge in [0.2, 0.25) is 0 Å². The van der Waals surface area contributed by atoms with Crippen LogP contribution in [0, 0.1) is 0 Å². The maximum atomic E-state index is 14.5. The molecule has 3 saturated heterocycles. The van der Waals surface area contributed by atoms with E-state index in [-0.39, 0.29) is 17.7 Å². The highest BCUT2D eigenvalue weighted by atomic mass is 19.4. The number of nitrogens with zero attached hydrogens (tertiary/aromatic N) is 8. The van der Waals surface area contributed by atoms with Crippen LogP contribution in [0.25, 0.3) is 0 Å². The Morgan fingerprint density at radius 3 is 2.24 bits per heavy atom. The zero-order chi connectivity index (χ0) is 39.5. The molecule has 2 aromatic rings. The molecule has 3 fully saturated rings. The van der Waals surface area contributed by atoms with Crippen LogP contribution in [0.15, 0.2) is 34.5 Å². The number of aldehydes is 1. The molecule has 0 saturated carbocycles. The van der Waals surface area contributed by atoms with E-state index < -0.39 is 23.1 Å². The fourth-order valence-corrected chi connectivity index (χ4v) is 7.10. The van der Waals surface area contributed by atoms with Gasteiger partial charge in [-0.05, 0) is 86.9 Å². The second-order valence-corrected chi connectivity index (χ2v) is 14.4. The number of likely N-dealkylation sites (N-methyl/N-ethyl adjacent to an activating group) is 1. The first-order valence-corrected chi connectivity index (χ1v) is 19.0. The number of hydrogen-bond donors (Lipinski definition) is 1. The maximum Gasteiger partial charge on any atom is 0.416 e. The fourth-order valence-electron chi connectivity index (χ4n) is 7.10. The van der Waals surface area contributed by atoms with Gasteiger partial charge >= 0.3 is 6.18 Å². The van der Waals surface area contributed by atoms with E-state index in [9.17, 15) is 22.8 Å². The number of unbranched alkanes of at least 4 members (excludes halogenated alkanes) is 1. The molecule has 0 radical (unpaired) electrons. The summed E-state index contributed by atoms with van der Waals surface area (Å²) in [5.41, 5.74) is 5.38. The SMILES string of the molecule is C=N/N=C(/CC1(c2cc(N3CCN(C)CC3)nc(N3Cc4c(cc(CN5CCCCC5)cc4C(F)(F)F)C3=O)c2)COC1)N(C)C.CC.NCCCC=O. The van der Waals surface area contributed by atoms with Gasteiger partial charge < -0.3 is 30.0 Å². The Balaban J connectivity index is 0.000000741. The van der Waals surface area contributed by atoms with Crippen LogP contribution in [0.2, 0.25) is 0 Å². The Bertz CT molecular complexity index is 1600. The summed E-state index contributed by atoms with van der Waals surface area (Å²) in [5.74, 6) is 1.30. The average Bonchev–Trinajstić information content (AvgIpc) is 3.48. The Hall–Kier alpha value is -3.92.